The van der Waals surface area contributed by atoms with Gasteiger partial charge in [0.1, 0.15) is 5.75 Å². The van der Waals surface area contributed by atoms with Crippen molar-refractivity contribution >= 4 is 19.9 Å². The predicted octanol–water partition coefficient (Wildman–Crippen LogP) is 1.92. The maximum absolute atomic E-state index is 12.7. The third kappa shape index (κ3) is 4.29. The van der Waals surface area contributed by atoms with Gasteiger partial charge < -0.3 is 4.74 Å². The molecule has 0 bridgehead atoms. The van der Waals surface area contributed by atoms with Crippen molar-refractivity contribution in [3.63, 3.8) is 0 Å². The summed E-state index contributed by atoms with van der Waals surface area (Å²) in [5.74, 6) is 0.826. The van der Waals surface area contributed by atoms with Crippen LogP contribution in [0.25, 0.3) is 0 Å². The first-order valence-electron chi connectivity index (χ1n) is 8.02. The smallest absolute Gasteiger partial charge is 0.243 e. The van der Waals surface area contributed by atoms with Gasteiger partial charge in [-0.3, -0.25) is 0 Å². The molecule has 0 saturated carbocycles. The van der Waals surface area contributed by atoms with Crippen LogP contribution in [0.2, 0.25) is 0 Å². The van der Waals surface area contributed by atoms with E-state index in [4.69, 9.17) is 4.74 Å². The fourth-order valence-corrected chi connectivity index (χ4v) is 6.53. The molecule has 0 radical (unpaired) electrons. The minimum Gasteiger partial charge on any atom is -0.497 e. The summed E-state index contributed by atoms with van der Waals surface area (Å²) in [6, 6.07) is 6.23. The number of benzene rings is 1. The Balaban J connectivity index is 2.08. The molecule has 0 N–H and O–H groups in total. The molecule has 24 heavy (non-hydrogen) atoms. The molecule has 0 aromatic heterocycles. The standard InChI is InChI=1S/C16H25NO5S2/c1-13(2)12-23(18,19)15-8-10-17(11-9-15)24(20,21)16-6-4-14(22-3)5-7-16/h4-7,13,15H,8-12H2,1-3H3. The second-order valence-electron chi connectivity index (χ2n) is 6.50. The van der Waals surface area contributed by atoms with Gasteiger partial charge in [0.05, 0.1) is 23.0 Å². The van der Waals surface area contributed by atoms with Gasteiger partial charge in [0, 0.05) is 13.1 Å². The zero-order valence-corrected chi connectivity index (χ0v) is 15.9. The van der Waals surface area contributed by atoms with Gasteiger partial charge in [0.2, 0.25) is 10.0 Å². The Morgan fingerprint density at radius 3 is 2.08 bits per heavy atom. The Kier molecular flexibility index (Phi) is 5.93. The van der Waals surface area contributed by atoms with E-state index in [2.05, 4.69) is 0 Å². The molecule has 1 aromatic rings. The highest BCUT2D eigenvalue weighted by molar-refractivity contribution is 7.92. The number of methoxy groups -OCH3 is 1. The number of ether oxygens (including phenoxy) is 1. The molecule has 1 aliphatic rings. The lowest BCUT2D eigenvalue weighted by atomic mass is 10.2. The van der Waals surface area contributed by atoms with E-state index >= 15 is 0 Å². The number of piperidine rings is 1. The van der Waals surface area contributed by atoms with Crippen molar-refractivity contribution in [1.29, 1.82) is 0 Å². The highest BCUT2D eigenvalue weighted by atomic mass is 32.2. The molecule has 0 amide bonds. The zero-order valence-electron chi connectivity index (χ0n) is 14.3. The third-order valence-electron chi connectivity index (χ3n) is 4.17. The van der Waals surface area contributed by atoms with Gasteiger partial charge in [-0.05, 0) is 43.0 Å². The van der Waals surface area contributed by atoms with E-state index in [1.54, 1.807) is 12.1 Å². The largest absolute Gasteiger partial charge is 0.497 e. The maximum Gasteiger partial charge on any atom is 0.243 e. The fourth-order valence-electron chi connectivity index (χ4n) is 2.93. The van der Waals surface area contributed by atoms with Crippen molar-refractivity contribution in [2.24, 2.45) is 5.92 Å². The quantitative estimate of drug-likeness (QED) is 0.759. The van der Waals surface area contributed by atoms with Crippen LogP contribution in [-0.4, -0.2) is 52.3 Å². The van der Waals surface area contributed by atoms with E-state index in [0.29, 0.717) is 18.6 Å². The van der Waals surface area contributed by atoms with Crippen molar-refractivity contribution in [2.75, 3.05) is 26.0 Å². The van der Waals surface area contributed by atoms with Crippen LogP contribution in [0.15, 0.2) is 29.2 Å². The first-order chi connectivity index (χ1) is 11.2. The van der Waals surface area contributed by atoms with Crippen LogP contribution in [0.4, 0.5) is 0 Å². The summed E-state index contributed by atoms with van der Waals surface area (Å²) in [4.78, 5) is 0.201. The van der Waals surface area contributed by atoms with E-state index < -0.39 is 25.1 Å². The second-order valence-corrected chi connectivity index (χ2v) is 10.8. The number of rotatable bonds is 6. The molecule has 1 heterocycles. The number of nitrogens with zero attached hydrogens (tertiary/aromatic N) is 1. The van der Waals surface area contributed by atoms with Gasteiger partial charge in [0.25, 0.3) is 0 Å². The first-order valence-corrected chi connectivity index (χ1v) is 11.2. The molecule has 1 aliphatic heterocycles. The molecule has 1 fully saturated rings. The lowest BCUT2D eigenvalue weighted by Gasteiger charge is -2.31. The van der Waals surface area contributed by atoms with Crippen LogP contribution in [0, 0.1) is 5.92 Å². The van der Waals surface area contributed by atoms with Crippen molar-refractivity contribution in [1.82, 2.24) is 4.31 Å². The van der Waals surface area contributed by atoms with Gasteiger partial charge >= 0.3 is 0 Å². The van der Waals surface area contributed by atoms with Crippen LogP contribution >= 0.6 is 0 Å². The third-order valence-corrected chi connectivity index (χ3v) is 8.70. The molecule has 1 aromatic carbocycles. The maximum atomic E-state index is 12.7. The lowest BCUT2D eigenvalue weighted by Crippen LogP contribution is -2.43. The summed E-state index contributed by atoms with van der Waals surface area (Å²) in [6.07, 6.45) is 0.703. The summed E-state index contributed by atoms with van der Waals surface area (Å²) in [7, 11) is -5.24. The van der Waals surface area contributed by atoms with Gasteiger partial charge in [-0.15, -0.1) is 0 Å². The molecule has 2 rings (SSSR count). The Hall–Kier alpha value is -1.12. The molecular formula is C16H25NO5S2. The van der Waals surface area contributed by atoms with E-state index in [9.17, 15) is 16.8 Å². The van der Waals surface area contributed by atoms with Crippen LogP contribution < -0.4 is 4.74 Å². The molecule has 0 atom stereocenters. The monoisotopic (exact) mass is 375 g/mol. The molecule has 6 nitrogen and oxygen atoms in total. The topological polar surface area (TPSA) is 80.8 Å². The summed E-state index contributed by atoms with van der Waals surface area (Å²) in [5, 5.41) is -0.442. The summed E-state index contributed by atoms with van der Waals surface area (Å²) in [6.45, 7) is 4.22. The van der Waals surface area contributed by atoms with E-state index in [1.165, 1.54) is 23.5 Å². The predicted molar refractivity (Wildman–Crippen MR) is 93.4 cm³/mol. The van der Waals surface area contributed by atoms with Gasteiger partial charge in [0.15, 0.2) is 9.84 Å². The SMILES string of the molecule is COc1ccc(S(=O)(=O)N2CCC(S(=O)(=O)CC(C)C)CC2)cc1. The Bertz CT molecular complexity index is 746. The van der Waals surface area contributed by atoms with Crippen LogP contribution in [0.1, 0.15) is 26.7 Å². The lowest BCUT2D eigenvalue weighted by molar-refractivity contribution is 0.345. The number of hydrogen-bond donors (Lipinski definition) is 0. The average Bonchev–Trinajstić information content (AvgIpc) is 2.54. The first kappa shape index (κ1) is 19.2. The Morgan fingerprint density at radius 2 is 1.62 bits per heavy atom. The van der Waals surface area contributed by atoms with E-state index in [1.807, 2.05) is 13.8 Å². The van der Waals surface area contributed by atoms with Crippen molar-refractivity contribution < 1.29 is 21.6 Å². The van der Waals surface area contributed by atoms with Crippen molar-refractivity contribution in [3.8, 4) is 5.75 Å². The summed E-state index contributed by atoms with van der Waals surface area (Å²) >= 11 is 0. The number of sulfone groups is 1. The molecule has 1 saturated heterocycles. The van der Waals surface area contributed by atoms with Gasteiger partial charge in [-0.1, -0.05) is 13.8 Å². The van der Waals surface area contributed by atoms with Crippen LogP contribution in [-0.2, 0) is 19.9 Å². The second kappa shape index (κ2) is 7.41. The highest BCUT2D eigenvalue weighted by Gasteiger charge is 2.35. The van der Waals surface area contributed by atoms with Crippen molar-refractivity contribution in [2.45, 2.75) is 36.8 Å². The minimum atomic E-state index is -3.60. The molecular weight excluding hydrogens is 350 g/mol. The fraction of sp³-hybridized carbons (Fsp3) is 0.625. The minimum absolute atomic E-state index is 0.0797. The molecule has 136 valence electrons. The van der Waals surface area contributed by atoms with Gasteiger partial charge in [-0.2, -0.15) is 4.31 Å². The average molecular weight is 376 g/mol. The van der Waals surface area contributed by atoms with Gasteiger partial charge in [-0.25, -0.2) is 16.8 Å². The summed E-state index contributed by atoms with van der Waals surface area (Å²) < 4.78 is 56.3. The molecule has 8 heteroatoms. The number of sulfonamides is 1. The molecule has 0 spiro atoms. The number of hydrogen-bond acceptors (Lipinski definition) is 5. The normalized spacial score (nSPS) is 18.0. The highest BCUT2D eigenvalue weighted by Crippen LogP contribution is 2.26. The molecule has 0 unspecified atom stereocenters. The Morgan fingerprint density at radius 1 is 1.08 bits per heavy atom. The molecule has 0 aliphatic carbocycles. The zero-order chi connectivity index (χ0) is 18.0. The Labute approximate surface area is 144 Å². The van der Waals surface area contributed by atoms with Crippen molar-refractivity contribution in [3.05, 3.63) is 24.3 Å². The van der Waals surface area contributed by atoms with Crippen LogP contribution in [0.5, 0.6) is 5.75 Å². The van der Waals surface area contributed by atoms with Crippen LogP contribution in [0.3, 0.4) is 0 Å². The van der Waals surface area contributed by atoms with E-state index in [0.717, 1.165) is 0 Å². The summed E-state index contributed by atoms with van der Waals surface area (Å²) in [5.41, 5.74) is 0. The van der Waals surface area contributed by atoms with E-state index in [-0.39, 0.29) is 29.7 Å².